The molecule has 37 heavy (non-hydrogen) atoms. The fourth-order valence-electron chi connectivity index (χ4n) is 4.39. The molecule has 2 heterocycles. The van der Waals surface area contributed by atoms with Crippen molar-refractivity contribution in [2.24, 2.45) is 5.92 Å². The zero-order valence-electron chi connectivity index (χ0n) is 21.3. The van der Waals surface area contributed by atoms with Crippen LogP contribution >= 0.6 is 0 Å². The van der Waals surface area contributed by atoms with Crippen molar-refractivity contribution in [2.45, 2.75) is 39.1 Å². The summed E-state index contributed by atoms with van der Waals surface area (Å²) in [5, 5.41) is 23.4. The second-order valence-corrected chi connectivity index (χ2v) is 9.57. The second-order valence-electron chi connectivity index (χ2n) is 9.57. The number of hydrogen-bond acceptors (Lipinski definition) is 8. The molecule has 2 amide bonds. The van der Waals surface area contributed by atoms with Gasteiger partial charge in [-0.1, -0.05) is 37.3 Å². The van der Waals surface area contributed by atoms with E-state index in [2.05, 4.69) is 44.8 Å². The first-order valence-electron chi connectivity index (χ1n) is 12.3. The van der Waals surface area contributed by atoms with E-state index in [1.807, 2.05) is 32.2 Å². The van der Waals surface area contributed by atoms with Crippen molar-refractivity contribution in [3.05, 3.63) is 66.0 Å². The minimum Gasteiger partial charge on any atom is -0.488 e. The van der Waals surface area contributed by atoms with Gasteiger partial charge in [0.1, 0.15) is 24.7 Å². The zero-order chi connectivity index (χ0) is 26.4. The van der Waals surface area contributed by atoms with E-state index in [1.54, 1.807) is 23.1 Å². The molecule has 0 saturated heterocycles. The monoisotopic (exact) mass is 507 g/mol. The summed E-state index contributed by atoms with van der Waals surface area (Å²) in [7, 11) is 2.05. The van der Waals surface area contributed by atoms with Crippen LogP contribution in [0.5, 0.6) is 5.75 Å². The van der Waals surface area contributed by atoms with Crippen LogP contribution in [0.25, 0.3) is 0 Å². The van der Waals surface area contributed by atoms with Crippen LogP contribution < -0.4 is 10.1 Å². The van der Waals surface area contributed by atoms with Crippen molar-refractivity contribution < 1.29 is 19.4 Å². The molecule has 0 unspecified atom stereocenters. The fraction of sp³-hybridized carbons (Fsp3) is 0.423. The van der Waals surface area contributed by atoms with Gasteiger partial charge in [0.2, 0.25) is 5.91 Å². The SMILES string of the molecule is C[C@@H]1CN([C@@H](C)CO)C(=O)c2cc(NC(=O)Cn3cnnn3)ccc2O[C@@H]1CN(C)Cc1ccccc1. The third kappa shape index (κ3) is 6.69. The molecule has 2 aromatic carbocycles. The fourth-order valence-corrected chi connectivity index (χ4v) is 4.39. The van der Waals surface area contributed by atoms with Gasteiger partial charge in [-0.25, -0.2) is 4.68 Å². The Hall–Kier alpha value is -3.83. The van der Waals surface area contributed by atoms with Crippen LogP contribution in [0.1, 0.15) is 29.8 Å². The van der Waals surface area contributed by atoms with Crippen LogP contribution in [0.2, 0.25) is 0 Å². The third-order valence-corrected chi connectivity index (χ3v) is 6.43. The predicted molar refractivity (Wildman–Crippen MR) is 137 cm³/mol. The topological polar surface area (TPSA) is 126 Å². The molecule has 1 aliphatic heterocycles. The second kappa shape index (κ2) is 11.9. The smallest absolute Gasteiger partial charge is 0.258 e. The molecule has 0 saturated carbocycles. The van der Waals surface area contributed by atoms with Crippen molar-refractivity contribution in [1.82, 2.24) is 30.0 Å². The average Bonchev–Trinajstić information content (AvgIpc) is 3.39. The van der Waals surface area contributed by atoms with Crippen LogP contribution in [0, 0.1) is 5.92 Å². The lowest BCUT2D eigenvalue weighted by molar-refractivity contribution is -0.116. The molecule has 2 N–H and O–H groups in total. The summed E-state index contributed by atoms with van der Waals surface area (Å²) in [6, 6.07) is 14.9. The van der Waals surface area contributed by atoms with E-state index in [4.69, 9.17) is 4.74 Å². The number of amides is 2. The zero-order valence-corrected chi connectivity index (χ0v) is 21.3. The number of likely N-dealkylation sites (N-methyl/N-ethyl adjacent to an activating group) is 1. The van der Waals surface area contributed by atoms with Gasteiger partial charge in [-0.2, -0.15) is 0 Å². The minimum absolute atomic E-state index is 0.0139. The molecule has 0 aliphatic carbocycles. The number of tetrazole rings is 1. The van der Waals surface area contributed by atoms with Crippen molar-refractivity contribution in [2.75, 3.05) is 32.1 Å². The molecule has 0 fully saturated rings. The normalized spacial score (nSPS) is 18.5. The molecule has 11 nitrogen and oxygen atoms in total. The van der Waals surface area contributed by atoms with Crippen LogP contribution in [0.4, 0.5) is 5.69 Å². The summed E-state index contributed by atoms with van der Waals surface area (Å²) >= 11 is 0. The van der Waals surface area contributed by atoms with E-state index in [9.17, 15) is 14.7 Å². The van der Waals surface area contributed by atoms with E-state index in [0.717, 1.165) is 6.54 Å². The maximum Gasteiger partial charge on any atom is 0.258 e. The van der Waals surface area contributed by atoms with Crippen LogP contribution in [-0.4, -0.2) is 85.8 Å². The molecule has 3 aromatic rings. The van der Waals surface area contributed by atoms with E-state index >= 15 is 0 Å². The highest BCUT2D eigenvalue weighted by molar-refractivity contribution is 5.99. The highest BCUT2D eigenvalue weighted by atomic mass is 16.5. The predicted octanol–water partition coefficient (Wildman–Crippen LogP) is 1.66. The number of ether oxygens (including phenoxy) is 1. The quantitative estimate of drug-likeness (QED) is 0.448. The van der Waals surface area contributed by atoms with Gasteiger partial charge in [0.25, 0.3) is 5.91 Å². The number of carbonyl (C=O) groups is 2. The number of aliphatic hydroxyl groups excluding tert-OH is 1. The first-order chi connectivity index (χ1) is 17.8. The van der Waals surface area contributed by atoms with Gasteiger partial charge in [0.05, 0.1) is 18.2 Å². The molecule has 1 aliphatic rings. The molecule has 11 heteroatoms. The molecule has 4 rings (SSSR count). The number of hydrogen-bond donors (Lipinski definition) is 2. The first kappa shape index (κ1) is 26.2. The molecule has 3 atom stereocenters. The van der Waals surface area contributed by atoms with E-state index in [1.165, 1.54) is 16.6 Å². The Labute approximate surface area is 216 Å². The summed E-state index contributed by atoms with van der Waals surface area (Å²) in [5.41, 5.74) is 2.00. The van der Waals surface area contributed by atoms with Gasteiger partial charge < -0.3 is 20.1 Å². The molecular weight excluding hydrogens is 474 g/mol. The van der Waals surface area contributed by atoms with Crippen LogP contribution in [0.15, 0.2) is 54.9 Å². The summed E-state index contributed by atoms with van der Waals surface area (Å²) in [6.07, 6.45) is 1.15. The van der Waals surface area contributed by atoms with E-state index in [0.29, 0.717) is 30.1 Å². The number of rotatable bonds is 9. The van der Waals surface area contributed by atoms with Crippen LogP contribution in [0.3, 0.4) is 0 Å². The van der Waals surface area contributed by atoms with E-state index < -0.39 is 0 Å². The average molecular weight is 508 g/mol. The van der Waals surface area contributed by atoms with Gasteiger partial charge in [0, 0.05) is 31.2 Å². The van der Waals surface area contributed by atoms with Gasteiger partial charge in [0.15, 0.2) is 0 Å². The largest absolute Gasteiger partial charge is 0.488 e. The highest BCUT2D eigenvalue weighted by Gasteiger charge is 2.33. The summed E-state index contributed by atoms with van der Waals surface area (Å²) in [5.74, 6) is -0.125. The molecule has 0 bridgehead atoms. The number of anilines is 1. The standard InChI is InChI=1S/C26H33N7O4/c1-18-12-33(19(2)16-34)26(36)22-11-21(28-25(35)15-32-17-27-29-30-32)9-10-23(22)37-24(18)14-31(3)13-20-7-5-4-6-8-20/h4-11,17-19,24,34H,12-16H2,1-3H3,(H,28,35)/t18-,19+,24-/m1/s1. The molecular formula is C26H33N7O4. The first-order valence-corrected chi connectivity index (χ1v) is 12.3. The summed E-state index contributed by atoms with van der Waals surface area (Å²) in [4.78, 5) is 29.9. The van der Waals surface area contributed by atoms with E-state index in [-0.39, 0.29) is 43.0 Å². The lowest BCUT2D eigenvalue weighted by atomic mass is 9.99. The third-order valence-electron chi connectivity index (χ3n) is 6.43. The number of benzene rings is 2. The Bertz CT molecular complexity index is 1190. The van der Waals surface area contributed by atoms with Crippen molar-refractivity contribution >= 4 is 17.5 Å². The maximum absolute atomic E-state index is 13.6. The number of nitrogens with one attached hydrogen (secondary N) is 1. The Balaban J connectivity index is 1.57. The Morgan fingerprint density at radius 2 is 2.05 bits per heavy atom. The lowest BCUT2D eigenvalue weighted by Crippen LogP contribution is -2.49. The number of aliphatic hydroxyl groups is 1. The van der Waals surface area contributed by atoms with Crippen molar-refractivity contribution in [1.29, 1.82) is 0 Å². The molecule has 1 aromatic heterocycles. The molecule has 196 valence electrons. The Kier molecular flexibility index (Phi) is 8.47. The van der Waals surface area contributed by atoms with Crippen LogP contribution in [-0.2, 0) is 17.9 Å². The van der Waals surface area contributed by atoms with Gasteiger partial charge in [-0.15, -0.1) is 5.10 Å². The van der Waals surface area contributed by atoms with Crippen molar-refractivity contribution in [3.8, 4) is 5.75 Å². The number of aromatic nitrogens is 4. The van der Waals surface area contributed by atoms with Crippen molar-refractivity contribution in [3.63, 3.8) is 0 Å². The summed E-state index contributed by atoms with van der Waals surface area (Å²) in [6.45, 7) is 5.51. The number of fused-ring (bicyclic) bond motifs is 1. The summed E-state index contributed by atoms with van der Waals surface area (Å²) < 4.78 is 7.75. The molecule has 0 radical (unpaired) electrons. The van der Waals surface area contributed by atoms with Gasteiger partial charge >= 0.3 is 0 Å². The van der Waals surface area contributed by atoms with Gasteiger partial charge in [-0.3, -0.25) is 14.5 Å². The Morgan fingerprint density at radius 1 is 1.27 bits per heavy atom. The maximum atomic E-state index is 13.6. The van der Waals surface area contributed by atoms with Gasteiger partial charge in [-0.05, 0) is 48.2 Å². The minimum atomic E-state index is -0.373. The Morgan fingerprint density at radius 3 is 2.76 bits per heavy atom. The number of carbonyl (C=O) groups excluding carboxylic acids is 2. The lowest BCUT2D eigenvalue weighted by Gasteiger charge is -2.38. The number of nitrogens with zero attached hydrogens (tertiary/aromatic N) is 6. The molecule has 0 spiro atoms. The highest BCUT2D eigenvalue weighted by Crippen LogP contribution is 2.30.